The van der Waals surface area contributed by atoms with Crippen LogP contribution < -0.4 is 0 Å². The number of carbonyl (C=O) groups excluding carboxylic acids is 2. The van der Waals surface area contributed by atoms with Crippen molar-refractivity contribution in [2.45, 2.75) is 6.61 Å². The molecule has 0 heterocycles. The monoisotopic (exact) mass is 346 g/mol. The van der Waals surface area contributed by atoms with Gasteiger partial charge in [-0.25, -0.2) is 9.59 Å². The van der Waals surface area contributed by atoms with E-state index in [0.717, 1.165) is 16.7 Å². The Bertz CT molecular complexity index is 882. The van der Waals surface area contributed by atoms with Crippen LogP contribution in [0, 0.1) is 0 Å². The molecule has 0 aliphatic carbocycles. The van der Waals surface area contributed by atoms with Gasteiger partial charge in [0.2, 0.25) is 0 Å². The van der Waals surface area contributed by atoms with Gasteiger partial charge >= 0.3 is 11.9 Å². The van der Waals surface area contributed by atoms with Crippen molar-refractivity contribution in [1.29, 1.82) is 0 Å². The summed E-state index contributed by atoms with van der Waals surface area (Å²) in [6, 6.07) is 24.0. The van der Waals surface area contributed by atoms with E-state index in [1.807, 2.05) is 42.5 Å². The van der Waals surface area contributed by atoms with Crippen molar-refractivity contribution in [2.24, 2.45) is 0 Å². The molecule has 0 aliphatic heterocycles. The summed E-state index contributed by atoms with van der Waals surface area (Å²) in [6.45, 7) is 0.140. The minimum Gasteiger partial charge on any atom is -0.465 e. The van der Waals surface area contributed by atoms with Crippen LogP contribution in [0.1, 0.15) is 26.3 Å². The molecule has 0 amide bonds. The molecule has 130 valence electrons. The fourth-order valence-corrected chi connectivity index (χ4v) is 2.52. The molecule has 0 saturated carbocycles. The molecule has 3 rings (SSSR count). The predicted molar refractivity (Wildman–Crippen MR) is 98.8 cm³/mol. The zero-order valence-electron chi connectivity index (χ0n) is 14.3. The molecule has 0 spiro atoms. The first-order chi connectivity index (χ1) is 12.7. The van der Waals surface area contributed by atoms with Crippen molar-refractivity contribution in [3.8, 4) is 11.1 Å². The number of methoxy groups -OCH3 is 1. The van der Waals surface area contributed by atoms with E-state index in [2.05, 4.69) is 4.74 Å². The van der Waals surface area contributed by atoms with Crippen LogP contribution in [-0.4, -0.2) is 19.0 Å². The minimum atomic E-state index is -0.396. The Labute approximate surface area is 152 Å². The first-order valence-electron chi connectivity index (χ1n) is 8.17. The lowest BCUT2D eigenvalue weighted by atomic mass is 10.0. The molecule has 3 aromatic rings. The molecule has 4 nitrogen and oxygen atoms in total. The average Bonchev–Trinajstić information content (AvgIpc) is 2.72. The van der Waals surface area contributed by atoms with E-state index in [9.17, 15) is 9.59 Å². The molecule has 0 radical (unpaired) electrons. The summed E-state index contributed by atoms with van der Waals surface area (Å²) in [5.74, 6) is -0.784. The Hall–Kier alpha value is -3.40. The maximum atomic E-state index is 12.2. The highest BCUT2D eigenvalue weighted by Gasteiger charge is 2.09. The maximum absolute atomic E-state index is 12.2. The molecule has 4 heteroatoms. The molecular formula is C22H18O4. The summed E-state index contributed by atoms with van der Waals surface area (Å²) in [6.07, 6.45) is 0. The van der Waals surface area contributed by atoms with Gasteiger partial charge in [-0.05, 0) is 41.0 Å². The van der Waals surface area contributed by atoms with Crippen LogP contribution in [0.3, 0.4) is 0 Å². The quantitative estimate of drug-likeness (QED) is 0.639. The van der Waals surface area contributed by atoms with E-state index >= 15 is 0 Å². The molecule has 0 bridgehead atoms. The van der Waals surface area contributed by atoms with Gasteiger partial charge < -0.3 is 9.47 Å². The van der Waals surface area contributed by atoms with Crippen LogP contribution in [-0.2, 0) is 16.1 Å². The molecule has 26 heavy (non-hydrogen) atoms. The summed E-state index contributed by atoms with van der Waals surface area (Å²) in [5.41, 5.74) is 3.89. The number of rotatable bonds is 5. The van der Waals surface area contributed by atoms with E-state index in [4.69, 9.17) is 4.74 Å². The third-order valence-corrected chi connectivity index (χ3v) is 3.97. The van der Waals surface area contributed by atoms with E-state index in [1.165, 1.54) is 7.11 Å². The Morgan fingerprint density at radius 2 is 1.23 bits per heavy atom. The van der Waals surface area contributed by atoms with E-state index in [-0.39, 0.29) is 12.6 Å². The van der Waals surface area contributed by atoms with E-state index in [1.54, 1.807) is 36.4 Å². The Morgan fingerprint density at radius 3 is 1.85 bits per heavy atom. The van der Waals surface area contributed by atoms with Crippen molar-refractivity contribution in [2.75, 3.05) is 7.11 Å². The van der Waals surface area contributed by atoms with Crippen molar-refractivity contribution in [1.82, 2.24) is 0 Å². The summed E-state index contributed by atoms with van der Waals surface area (Å²) >= 11 is 0. The van der Waals surface area contributed by atoms with Crippen LogP contribution in [0.4, 0.5) is 0 Å². The lowest BCUT2D eigenvalue weighted by molar-refractivity contribution is 0.0471. The van der Waals surface area contributed by atoms with Crippen LogP contribution in [0.15, 0.2) is 78.9 Å². The molecule has 0 saturated heterocycles. The number of carbonyl (C=O) groups is 2. The lowest BCUT2D eigenvalue weighted by Gasteiger charge is -2.07. The Kier molecular flexibility index (Phi) is 5.44. The second kappa shape index (κ2) is 8.12. The number of hydrogen-bond acceptors (Lipinski definition) is 4. The second-order valence-corrected chi connectivity index (χ2v) is 5.71. The van der Waals surface area contributed by atoms with Gasteiger partial charge in [-0.2, -0.15) is 0 Å². The van der Waals surface area contributed by atoms with Gasteiger partial charge in [-0.15, -0.1) is 0 Å². The molecule has 0 atom stereocenters. The van der Waals surface area contributed by atoms with Gasteiger partial charge in [0, 0.05) is 0 Å². The minimum absolute atomic E-state index is 0.140. The highest BCUT2D eigenvalue weighted by Crippen LogP contribution is 2.19. The smallest absolute Gasteiger partial charge is 0.338 e. The third kappa shape index (κ3) is 4.16. The summed E-state index contributed by atoms with van der Waals surface area (Å²) < 4.78 is 9.98. The maximum Gasteiger partial charge on any atom is 0.338 e. The van der Waals surface area contributed by atoms with Gasteiger partial charge in [0.1, 0.15) is 6.61 Å². The van der Waals surface area contributed by atoms with Crippen LogP contribution in [0.2, 0.25) is 0 Å². The fraction of sp³-hybridized carbons (Fsp3) is 0.0909. The van der Waals surface area contributed by atoms with Gasteiger partial charge in [0.15, 0.2) is 0 Å². The zero-order valence-corrected chi connectivity index (χ0v) is 14.3. The predicted octanol–water partition coefficient (Wildman–Crippen LogP) is 4.50. The van der Waals surface area contributed by atoms with Gasteiger partial charge in [0.05, 0.1) is 18.2 Å². The summed E-state index contributed by atoms with van der Waals surface area (Å²) in [5, 5.41) is 0. The van der Waals surface area contributed by atoms with Crippen molar-refractivity contribution in [3.63, 3.8) is 0 Å². The lowest BCUT2D eigenvalue weighted by Crippen LogP contribution is -2.06. The van der Waals surface area contributed by atoms with Crippen molar-refractivity contribution >= 4 is 11.9 Å². The second-order valence-electron chi connectivity index (χ2n) is 5.71. The summed E-state index contributed by atoms with van der Waals surface area (Å²) in [7, 11) is 1.33. The topological polar surface area (TPSA) is 52.6 Å². The Balaban J connectivity index is 1.60. The number of hydrogen-bond donors (Lipinski definition) is 0. The average molecular weight is 346 g/mol. The van der Waals surface area contributed by atoms with E-state index < -0.39 is 5.97 Å². The molecule has 0 N–H and O–H groups in total. The normalized spacial score (nSPS) is 10.2. The highest BCUT2D eigenvalue weighted by atomic mass is 16.5. The molecule has 3 aromatic carbocycles. The van der Waals surface area contributed by atoms with Crippen LogP contribution >= 0.6 is 0 Å². The first kappa shape index (κ1) is 17.4. The molecule has 0 aliphatic rings. The number of benzene rings is 3. The van der Waals surface area contributed by atoms with Crippen molar-refractivity contribution < 1.29 is 19.1 Å². The van der Waals surface area contributed by atoms with Gasteiger partial charge in [-0.3, -0.25) is 0 Å². The molecule has 0 fully saturated rings. The Morgan fingerprint density at radius 1 is 0.692 bits per heavy atom. The standard InChI is InChI=1S/C22H18O4/c1-25-21(23)19-9-7-16(8-10-19)15-26-22(24)20-13-11-18(12-14-20)17-5-3-2-4-6-17/h2-14H,15H2,1H3. The van der Waals surface area contributed by atoms with Crippen molar-refractivity contribution in [3.05, 3.63) is 95.6 Å². The number of esters is 2. The SMILES string of the molecule is COC(=O)c1ccc(COC(=O)c2ccc(-c3ccccc3)cc2)cc1. The largest absolute Gasteiger partial charge is 0.465 e. The first-order valence-corrected chi connectivity index (χ1v) is 8.17. The highest BCUT2D eigenvalue weighted by molar-refractivity contribution is 5.90. The van der Waals surface area contributed by atoms with Gasteiger partial charge in [0.25, 0.3) is 0 Å². The summed E-state index contributed by atoms with van der Waals surface area (Å²) in [4.78, 5) is 23.6. The molecular weight excluding hydrogens is 328 g/mol. The van der Waals surface area contributed by atoms with Crippen LogP contribution in [0.25, 0.3) is 11.1 Å². The number of ether oxygens (including phenoxy) is 2. The fourth-order valence-electron chi connectivity index (χ4n) is 2.52. The molecule has 0 aromatic heterocycles. The third-order valence-electron chi connectivity index (χ3n) is 3.97. The van der Waals surface area contributed by atoms with Crippen LogP contribution in [0.5, 0.6) is 0 Å². The van der Waals surface area contributed by atoms with E-state index in [0.29, 0.717) is 11.1 Å². The zero-order chi connectivity index (χ0) is 18.4. The van der Waals surface area contributed by atoms with Gasteiger partial charge in [-0.1, -0.05) is 54.6 Å². The molecule has 0 unspecified atom stereocenters.